The van der Waals surface area contributed by atoms with Crippen LogP contribution in [0.1, 0.15) is 155 Å². The zero-order valence-corrected chi connectivity index (χ0v) is 27.4. The van der Waals surface area contributed by atoms with Crippen LogP contribution in [0.4, 0.5) is 0 Å². The van der Waals surface area contributed by atoms with Crippen LogP contribution in [0.3, 0.4) is 0 Å². The van der Waals surface area contributed by atoms with Gasteiger partial charge >= 0.3 is 0 Å². The number of rotatable bonds is 26. The molecule has 218 valence electrons. The van der Waals surface area contributed by atoms with E-state index in [2.05, 4.69) is 31.5 Å². The van der Waals surface area contributed by atoms with Crippen molar-refractivity contribution in [1.29, 1.82) is 0 Å². The summed E-state index contributed by atoms with van der Waals surface area (Å²) >= 11 is 4.31. The SMILES string of the molecule is CCN(C)CCCCCCCCCCCC[N+]1(CCCCCCCCCCCCS)CCCCC1.[Br-]. The van der Waals surface area contributed by atoms with E-state index in [9.17, 15) is 0 Å². The molecule has 0 aromatic carbocycles. The molecule has 1 heterocycles. The van der Waals surface area contributed by atoms with Crippen LogP contribution in [0.5, 0.6) is 0 Å². The molecular formula is C32H67BrN2S. The Morgan fingerprint density at radius 1 is 0.528 bits per heavy atom. The molecule has 0 spiro atoms. The first kappa shape index (κ1) is 36.8. The van der Waals surface area contributed by atoms with E-state index >= 15 is 0 Å². The topological polar surface area (TPSA) is 3.24 Å². The molecule has 4 heteroatoms. The monoisotopic (exact) mass is 590 g/mol. The van der Waals surface area contributed by atoms with Gasteiger partial charge in [0, 0.05) is 0 Å². The van der Waals surface area contributed by atoms with Gasteiger partial charge in [0.2, 0.25) is 0 Å². The van der Waals surface area contributed by atoms with Crippen LogP contribution >= 0.6 is 12.6 Å². The average molecular weight is 592 g/mol. The van der Waals surface area contributed by atoms with E-state index in [1.807, 2.05) is 0 Å². The largest absolute Gasteiger partial charge is 1.00 e. The van der Waals surface area contributed by atoms with Crippen LogP contribution in [0, 0.1) is 0 Å². The molecule has 0 radical (unpaired) electrons. The molecule has 1 fully saturated rings. The number of nitrogens with zero attached hydrogens (tertiary/aromatic N) is 2. The fourth-order valence-corrected chi connectivity index (χ4v) is 6.34. The summed E-state index contributed by atoms with van der Waals surface area (Å²) in [6.07, 6.45) is 33.5. The lowest BCUT2D eigenvalue weighted by atomic mass is 10.0. The average Bonchev–Trinajstić information content (AvgIpc) is 2.88. The zero-order chi connectivity index (χ0) is 25.3. The minimum atomic E-state index is 0. The molecule has 0 aromatic rings. The number of thiol groups is 1. The lowest BCUT2D eigenvalue weighted by molar-refractivity contribution is -0.932. The van der Waals surface area contributed by atoms with Gasteiger partial charge in [0.1, 0.15) is 0 Å². The van der Waals surface area contributed by atoms with Crippen LogP contribution in [-0.2, 0) is 0 Å². The van der Waals surface area contributed by atoms with E-state index in [0.29, 0.717) is 0 Å². The first-order valence-corrected chi connectivity index (χ1v) is 17.0. The third-order valence-electron chi connectivity index (χ3n) is 8.77. The summed E-state index contributed by atoms with van der Waals surface area (Å²) < 4.78 is 1.48. The Labute approximate surface area is 244 Å². The molecule has 2 nitrogen and oxygen atoms in total. The number of hydrogen-bond donors (Lipinski definition) is 1. The third kappa shape index (κ3) is 21.7. The second-order valence-corrected chi connectivity index (χ2v) is 12.4. The maximum Gasteiger partial charge on any atom is 0.0786 e. The summed E-state index contributed by atoms with van der Waals surface area (Å²) in [7, 11) is 2.24. The van der Waals surface area contributed by atoms with E-state index in [1.54, 1.807) is 0 Å². The molecule has 1 aliphatic rings. The quantitative estimate of drug-likeness (QED) is 0.0668. The molecule has 0 saturated carbocycles. The lowest BCUT2D eigenvalue weighted by Gasteiger charge is -2.42. The number of quaternary nitrogens is 1. The highest BCUT2D eigenvalue weighted by atomic mass is 79.9. The number of piperidine rings is 1. The van der Waals surface area contributed by atoms with Gasteiger partial charge in [0.15, 0.2) is 0 Å². The van der Waals surface area contributed by atoms with Gasteiger partial charge in [-0.1, -0.05) is 96.8 Å². The highest BCUT2D eigenvalue weighted by Crippen LogP contribution is 2.23. The fraction of sp³-hybridized carbons (Fsp3) is 1.00. The number of likely N-dealkylation sites (tertiary alicyclic amines) is 1. The van der Waals surface area contributed by atoms with Crippen LogP contribution in [0.25, 0.3) is 0 Å². The van der Waals surface area contributed by atoms with Crippen molar-refractivity contribution in [2.24, 2.45) is 0 Å². The second kappa shape index (κ2) is 27.3. The number of unbranched alkanes of at least 4 members (excludes halogenated alkanes) is 18. The Morgan fingerprint density at radius 2 is 0.889 bits per heavy atom. The van der Waals surface area contributed by atoms with Gasteiger partial charge in [-0.15, -0.1) is 0 Å². The van der Waals surface area contributed by atoms with Crippen molar-refractivity contribution in [1.82, 2.24) is 4.90 Å². The molecule has 0 aliphatic carbocycles. The minimum Gasteiger partial charge on any atom is -1.00 e. The lowest BCUT2D eigenvalue weighted by Crippen LogP contribution is -3.00. The molecule has 1 rings (SSSR count). The van der Waals surface area contributed by atoms with Gasteiger partial charge in [-0.3, -0.25) is 0 Å². The Hall–Kier alpha value is 0.750. The Balaban J connectivity index is 0.0000122. The fourth-order valence-electron chi connectivity index (χ4n) is 6.12. The molecule has 1 saturated heterocycles. The Kier molecular flexibility index (Phi) is 27.9. The predicted molar refractivity (Wildman–Crippen MR) is 163 cm³/mol. The maximum atomic E-state index is 4.31. The smallest absolute Gasteiger partial charge is 0.0786 e. The molecule has 0 aromatic heterocycles. The summed E-state index contributed by atoms with van der Waals surface area (Å²) in [6, 6.07) is 0. The molecule has 0 amide bonds. The van der Waals surface area contributed by atoms with Crippen molar-refractivity contribution in [3.8, 4) is 0 Å². The summed E-state index contributed by atoms with van der Waals surface area (Å²) in [5.41, 5.74) is 0. The molecule has 0 N–H and O–H groups in total. The van der Waals surface area contributed by atoms with Crippen LogP contribution < -0.4 is 17.0 Å². The molecule has 0 bridgehead atoms. The molecule has 0 unspecified atom stereocenters. The Bertz CT molecular complexity index is 428. The van der Waals surface area contributed by atoms with Crippen molar-refractivity contribution in [3.05, 3.63) is 0 Å². The van der Waals surface area contributed by atoms with E-state index < -0.39 is 0 Å². The van der Waals surface area contributed by atoms with E-state index in [0.717, 1.165) is 5.75 Å². The van der Waals surface area contributed by atoms with Gasteiger partial charge in [-0.2, -0.15) is 12.6 Å². The summed E-state index contributed by atoms with van der Waals surface area (Å²) in [4.78, 5) is 2.44. The van der Waals surface area contributed by atoms with Crippen molar-refractivity contribution in [3.63, 3.8) is 0 Å². The normalized spacial score (nSPS) is 15.3. The van der Waals surface area contributed by atoms with Gasteiger partial charge in [0.25, 0.3) is 0 Å². The van der Waals surface area contributed by atoms with Crippen LogP contribution in [0.2, 0.25) is 0 Å². The summed E-state index contributed by atoms with van der Waals surface area (Å²) in [5.74, 6) is 1.07. The number of hydrogen-bond acceptors (Lipinski definition) is 2. The van der Waals surface area contributed by atoms with E-state index in [1.165, 1.54) is 191 Å². The van der Waals surface area contributed by atoms with E-state index in [-0.39, 0.29) is 17.0 Å². The van der Waals surface area contributed by atoms with Crippen molar-refractivity contribution < 1.29 is 21.5 Å². The maximum absolute atomic E-state index is 4.31. The highest BCUT2D eigenvalue weighted by Gasteiger charge is 2.28. The summed E-state index contributed by atoms with van der Waals surface area (Å²) in [5, 5.41) is 0. The van der Waals surface area contributed by atoms with Crippen molar-refractivity contribution >= 4 is 12.6 Å². The van der Waals surface area contributed by atoms with Crippen molar-refractivity contribution in [2.75, 3.05) is 52.1 Å². The van der Waals surface area contributed by atoms with Crippen LogP contribution in [-0.4, -0.2) is 61.5 Å². The second-order valence-electron chi connectivity index (χ2n) is 12.0. The van der Waals surface area contributed by atoms with Gasteiger partial charge < -0.3 is 26.4 Å². The number of halogens is 1. The van der Waals surface area contributed by atoms with E-state index in [4.69, 9.17) is 0 Å². The Morgan fingerprint density at radius 3 is 1.28 bits per heavy atom. The first-order chi connectivity index (χ1) is 17.2. The minimum absolute atomic E-state index is 0. The molecule has 1 aliphatic heterocycles. The van der Waals surface area contributed by atoms with Crippen LogP contribution in [0.15, 0.2) is 0 Å². The standard InChI is InChI=1S/C32H66N2S.BrH/c1-3-33(2)27-21-16-12-8-4-5-9-13-17-22-28-34(30-24-20-25-31-34)29-23-18-14-10-6-7-11-15-19-26-32-35;/h3-32H2,1-2H3;1H. The first-order valence-electron chi connectivity index (χ1n) is 16.4. The predicted octanol–water partition coefficient (Wildman–Crippen LogP) is 6.67. The third-order valence-corrected chi connectivity index (χ3v) is 9.08. The molecule has 0 atom stereocenters. The van der Waals surface area contributed by atoms with Crippen molar-refractivity contribution in [2.45, 2.75) is 155 Å². The van der Waals surface area contributed by atoms with Gasteiger partial charge in [0.05, 0.1) is 26.2 Å². The highest BCUT2D eigenvalue weighted by molar-refractivity contribution is 7.80. The van der Waals surface area contributed by atoms with Gasteiger partial charge in [-0.25, -0.2) is 0 Å². The summed E-state index contributed by atoms with van der Waals surface area (Å²) in [6.45, 7) is 10.7. The van der Waals surface area contributed by atoms with Gasteiger partial charge in [-0.05, 0) is 83.7 Å². The zero-order valence-electron chi connectivity index (χ0n) is 24.9. The molecular weight excluding hydrogens is 524 g/mol. The molecule has 36 heavy (non-hydrogen) atoms.